The largest absolute Gasteiger partial charge is 0.417 e. The zero-order chi connectivity index (χ0) is 16.3. The average molecular weight is 309 g/mol. The van der Waals surface area contributed by atoms with Gasteiger partial charge in [-0.25, -0.2) is 4.79 Å². The topological polar surface area (TPSA) is 38.3 Å². The summed E-state index contributed by atoms with van der Waals surface area (Å²) in [7, 11) is 0. The molecule has 0 radical (unpaired) electrons. The maximum atomic E-state index is 12.6. The summed E-state index contributed by atoms with van der Waals surface area (Å²) in [6.45, 7) is 3.68. The third-order valence-electron chi connectivity index (χ3n) is 2.97. The van der Waals surface area contributed by atoms with Crippen LogP contribution in [0.5, 0.6) is 5.75 Å². The average Bonchev–Trinajstić information content (AvgIpc) is 2.41. The molecule has 0 saturated heterocycles. The molecule has 22 heavy (non-hydrogen) atoms. The second-order valence-electron chi connectivity index (χ2n) is 4.86. The summed E-state index contributed by atoms with van der Waals surface area (Å²) in [5, 5.41) is 2.28. The standard InChI is InChI=1S/C16H14F3NO2/c1-10-6-7-14(11(2)8-10)22-15(21)20-13-5-3-4-12(9-13)16(17,18)19/h3-9H,1-2H3,(H,20,21). The first-order valence-electron chi connectivity index (χ1n) is 6.49. The van der Waals surface area contributed by atoms with Crippen LogP contribution in [0.4, 0.5) is 23.7 Å². The number of ether oxygens (including phenoxy) is 1. The van der Waals surface area contributed by atoms with Crippen LogP contribution in [0.25, 0.3) is 0 Å². The van der Waals surface area contributed by atoms with E-state index in [4.69, 9.17) is 4.74 Å². The third kappa shape index (κ3) is 4.00. The molecule has 1 N–H and O–H groups in total. The van der Waals surface area contributed by atoms with Gasteiger partial charge in [0.05, 0.1) is 5.56 Å². The Labute approximate surface area is 125 Å². The zero-order valence-electron chi connectivity index (χ0n) is 12.0. The Bertz CT molecular complexity index is 696. The molecule has 1 amide bonds. The number of alkyl halides is 3. The number of rotatable bonds is 2. The molecule has 0 spiro atoms. The minimum Gasteiger partial charge on any atom is -0.410 e. The number of hydrogen-bond donors (Lipinski definition) is 1. The first-order chi connectivity index (χ1) is 10.3. The number of carbonyl (C=O) groups excluding carboxylic acids is 1. The molecule has 0 saturated carbocycles. The lowest BCUT2D eigenvalue weighted by Crippen LogP contribution is -2.17. The minimum absolute atomic E-state index is 0.0181. The summed E-state index contributed by atoms with van der Waals surface area (Å²) in [6, 6.07) is 9.61. The maximum absolute atomic E-state index is 12.6. The molecular formula is C16H14F3NO2. The number of aryl methyl sites for hydroxylation is 2. The third-order valence-corrected chi connectivity index (χ3v) is 2.97. The van der Waals surface area contributed by atoms with Crippen molar-refractivity contribution in [3.63, 3.8) is 0 Å². The number of benzene rings is 2. The predicted octanol–water partition coefficient (Wildman–Crippen LogP) is 4.93. The summed E-state index contributed by atoms with van der Waals surface area (Å²) in [5.74, 6) is 0.357. The van der Waals surface area contributed by atoms with Gasteiger partial charge in [0.25, 0.3) is 0 Å². The molecule has 6 heteroatoms. The molecular weight excluding hydrogens is 295 g/mol. The minimum atomic E-state index is -4.46. The Hall–Kier alpha value is -2.50. The van der Waals surface area contributed by atoms with Crippen molar-refractivity contribution in [1.29, 1.82) is 0 Å². The number of carbonyl (C=O) groups is 1. The summed E-state index contributed by atoms with van der Waals surface area (Å²) in [6.07, 6.45) is -5.30. The molecule has 0 heterocycles. The predicted molar refractivity (Wildman–Crippen MR) is 77.0 cm³/mol. The SMILES string of the molecule is Cc1ccc(OC(=O)Nc2cccc(C(F)(F)F)c2)c(C)c1. The smallest absolute Gasteiger partial charge is 0.410 e. The quantitative estimate of drug-likeness (QED) is 0.854. The Balaban J connectivity index is 2.09. The Kier molecular flexibility index (Phi) is 4.40. The van der Waals surface area contributed by atoms with Crippen LogP contribution in [-0.2, 0) is 6.18 Å². The van der Waals surface area contributed by atoms with Gasteiger partial charge in [0.15, 0.2) is 0 Å². The van der Waals surface area contributed by atoms with Crippen LogP contribution >= 0.6 is 0 Å². The molecule has 116 valence electrons. The van der Waals surface area contributed by atoms with Crippen LogP contribution in [-0.4, -0.2) is 6.09 Å². The molecule has 0 aliphatic heterocycles. The first-order valence-corrected chi connectivity index (χ1v) is 6.49. The van der Waals surface area contributed by atoms with Gasteiger partial charge in [-0.15, -0.1) is 0 Å². The zero-order valence-corrected chi connectivity index (χ0v) is 12.0. The number of amides is 1. The molecule has 2 aromatic carbocycles. The number of hydrogen-bond acceptors (Lipinski definition) is 2. The second kappa shape index (κ2) is 6.09. The molecule has 2 rings (SSSR count). The van der Waals surface area contributed by atoms with Gasteiger partial charge in [0, 0.05) is 5.69 Å². The molecule has 3 nitrogen and oxygen atoms in total. The second-order valence-corrected chi connectivity index (χ2v) is 4.86. The molecule has 0 aliphatic rings. The lowest BCUT2D eigenvalue weighted by Gasteiger charge is -2.11. The van der Waals surface area contributed by atoms with E-state index < -0.39 is 17.8 Å². The molecule has 0 fully saturated rings. The molecule has 0 atom stereocenters. The summed E-state index contributed by atoms with van der Waals surface area (Å²) < 4.78 is 42.9. The number of anilines is 1. The fourth-order valence-electron chi connectivity index (χ4n) is 1.93. The van der Waals surface area contributed by atoms with E-state index in [9.17, 15) is 18.0 Å². The van der Waals surface area contributed by atoms with Gasteiger partial charge >= 0.3 is 12.3 Å². The van der Waals surface area contributed by atoms with E-state index in [0.29, 0.717) is 5.75 Å². The van der Waals surface area contributed by atoms with Gasteiger partial charge < -0.3 is 4.74 Å². The van der Waals surface area contributed by atoms with Gasteiger partial charge in [-0.3, -0.25) is 5.32 Å². The fraction of sp³-hybridized carbons (Fsp3) is 0.188. The van der Waals surface area contributed by atoms with E-state index in [1.807, 2.05) is 13.0 Å². The Morgan fingerprint density at radius 1 is 1.09 bits per heavy atom. The fourth-order valence-corrected chi connectivity index (χ4v) is 1.93. The van der Waals surface area contributed by atoms with E-state index in [1.165, 1.54) is 12.1 Å². The highest BCUT2D eigenvalue weighted by molar-refractivity contribution is 5.86. The first kappa shape index (κ1) is 15.9. The lowest BCUT2D eigenvalue weighted by molar-refractivity contribution is -0.137. The molecule has 0 bridgehead atoms. The van der Waals surface area contributed by atoms with Crippen LogP contribution < -0.4 is 10.1 Å². The number of nitrogens with one attached hydrogen (secondary N) is 1. The summed E-state index contributed by atoms with van der Waals surface area (Å²) in [5.41, 5.74) is 0.962. The van der Waals surface area contributed by atoms with E-state index in [1.54, 1.807) is 19.1 Å². The van der Waals surface area contributed by atoms with Gasteiger partial charge in [0.2, 0.25) is 0 Å². The van der Waals surface area contributed by atoms with Crippen LogP contribution in [0.3, 0.4) is 0 Å². The van der Waals surface area contributed by atoms with E-state index >= 15 is 0 Å². The maximum Gasteiger partial charge on any atom is 0.417 e. The van der Waals surface area contributed by atoms with Crippen molar-refractivity contribution in [1.82, 2.24) is 0 Å². The summed E-state index contributed by atoms with van der Waals surface area (Å²) >= 11 is 0. The van der Waals surface area contributed by atoms with Gasteiger partial charge in [-0.05, 0) is 43.7 Å². The van der Waals surface area contributed by atoms with Gasteiger partial charge in [0.1, 0.15) is 5.75 Å². The molecule has 0 aliphatic carbocycles. The van der Waals surface area contributed by atoms with Crippen LogP contribution in [0, 0.1) is 13.8 Å². The highest BCUT2D eigenvalue weighted by atomic mass is 19.4. The summed E-state index contributed by atoms with van der Waals surface area (Å²) in [4.78, 5) is 11.8. The molecule has 0 unspecified atom stereocenters. The van der Waals surface area contributed by atoms with Crippen molar-refractivity contribution >= 4 is 11.8 Å². The highest BCUT2D eigenvalue weighted by Gasteiger charge is 2.30. The van der Waals surface area contributed by atoms with E-state index in [0.717, 1.165) is 23.3 Å². The van der Waals surface area contributed by atoms with E-state index in [2.05, 4.69) is 5.32 Å². The van der Waals surface area contributed by atoms with Crippen molar-refractivity contribution in [2.75, 3.05) is 5.32 Å². The van der Waals surface area contributed by atoms with Crippen LogP contribution in [0.2, 0.25) is 0 Å². The normalized spacial score (nSPS) is 11.1. The van der Waals surface area contributed by atoms with E-state index in [-0.39, 0.29) is 5.69 Å². The van der Waals surface area contributed by atoms with Crippen molar-refractivity contribution in [3.05, 3.63) is 59.2 Å². The lowest BCUT2D eigenvalue weighted by atomic mass is 10.1. The van der Waals surface area contributed by atoms with Crippen molar-refractivity contribution in [2.45, 2.75) is 20.0 Å². The number of halogens is 3. The molecule has 2 aromatic rings. The van der Waals surface area contributed by atoms with Crippen molar-refractivity contribution in [3.8, 4) is 5.75 Å². The highest BCUT2D eigenvalue weighted by Crippen LogP contribution is 2.30. The Morgan fingerprint density at radius 3 is 2.45 bits per heavy atom. The van der Waals surface area contributed by atoms with Crippen molar-refractivity contribution < 1.29 is 22.7 Å². The van der Waals surface area contributed by atoms with Crippen LogP contribution in [0.1, 0.15) is 16.7 Å². The molecule has 0 aromatic heterocycles. The van der Waals surface area contributed by atoms with Crippen LogP contribution in [0.15, 0.2) is 42.5 Å². The Morgan fingerprint density at radius 2 is 1.82 bits per heavy atom. The van der Waals surface area contributed by atoms with Gasteiger partial charge in [-0.1, -0.05) is 23.8 Å². The van der Waals surface area contributed by atoms with Gasteiger partial charge in [-0.2, -0.15) is 13.2 Å². The van der Waals surface area contributed by atoms with Crippen molar-refractivity contribution in [2.24, 2.45) is 0 Å². The monoisotopic (exact) mass is 309 g/mol.